The van der Waals surface area contributed by atoms with Gasteiger partial charge in [-0.25, -0.2) is 0 Å². The van der Waals surface area contributed by atoms with E-state index in [0.717, 1.165) is 41.6 Å². The van der Waals surface area contributed by atoms with Crippen LogP contribution in [0.1, 0.15) is 52.7 Å². The van der Waals surface area contributed by atoms with Gasteiger partial charge in [-0.1, -0.05) is 49.8 Å². The molecule has 1 N–H and O–H groups in total. The van der Waals surface area contributed by atoms with Crippen LogP contribution in [-0.2, 0) is 4.79 Å². The van der Waals surface area contributed by atoms with Crippen molar-refractivity contribution in [2.45, 2.75) is 47.0 Å². The highest BCUT2D eigenvalue weighted by Gasteiger charge is 2.31. The van der Waals surface area contributed by atoms with E-state index < -0.39 is 0 Å². The first kappa shape index (κ1) is 22.5. The predicted octanol–water partition coefficient (Wildman–Crippen LogP) is 4.54. The van der Waals surface area contributed by atoms with Crippen LogP contribution < -0.4 is 5.11 Å². The van der Waals surface area contributed by atoms with Crippen molar-refractivity contribution in [1.29, 1.82) is 0 Å². The van der Waals surface area contributed by atoms with Gasteiger partial charge in [0.2, 0.25) is 5.91 Å². The summed E-state index contributed by atoms with van der Waals surface area (Å²) in [6.07, 6.45) is 15.0. The lowest BCUT2D eigenvalue weighted by Crippen LogP contribution is -2.30. The van der Waals surface area contributed by atoms with E-state index in [1.807, 2.05) is 52.2 Å². The summed E-state index contributed by atoms with van der Waals surface area (Å²) in [6.45, 7) is 8.44. The molecule has 1 heterocycles. The third-order valence-corrected chi connectivity index (χ3v) is 5.14. The highest BCUT2D eigenvalue weighted by Crippen LogP contribution is 2.41. The molecule has 0 aromatic carbocycles. The summed E-state index contributed by atoms with van der Waals surface area (Å²) in [5.74, 6) is -0.152. The maximum Gasteiger partial charge on any atom is 0.249 e. The van der Waals surface area contributed by atoms with Crippen molar-refractivity contribution in [3.05, 3.63) is 64.4 Å². The number of amides is 1. The fourth-order valence-electron chi connectivity index (χ4n) is 3.51. The summed E-state index contributed by atoms with van der Waals surface area (Å²) in [7, 11) is 3.62. The quantitative estimate of drug-likeness (QED) is 0.720. The van der Waals surface area contributed by atoms with Gasteiger partial charge in [0.05, 0.1) is 5.69 Å². The Labute approximate surface area is 174 Å². The Bertz CT molecular complexity index is 893. The lowest BCUT2D eigenvalue weighted by atomic mass is 9.72. The number of rotatable bonds is 6. The minimum atomic E-state index is -0.263. The number of aromatic nitrogens is 2. The van der Waals surface area contributed by atoms with Crippen LogP contribution in [0.15, 0.2) is 58.7 Å². The van der Waals surface area contributed by atoms with Crippen LogP contribution >= 0.6 is 0 Å². The summed E-state index contributed by atoms with van der Waals surface area (Å²) >= 11 is 0. The molecule has 0 saturated carbocycles. The van der Waals surface area contributed by atoms with E-state index in [1.165, 1.54) is 6.07 Å². The molecule has 0 radical (unpaired) electrons. The summed E-state index contributed by atoms with van der Waals surface area (Å²) in [5.41, 5.74) is 4.88. The molecule has 1 amide bonds. The molecule has 29 heavy (non-hydrogen) atoms. The van der Waals surface area contributed by atoms with E-state index in [4.69, 9.17) is 0 Å². The molecule has 0 atom stereocenters. The average Bonchev–Trinajstić information content (AvgIpc) is 3.03. The van der Waals surface area contributed by atoms with E-state index in [2.05, 4.69) is 36.2 Å². The number of H-pyrrole nitrogens is 1. The Morgan fingerprint density at radius 2 is 1.97 bits per heavy atom. The van der Waals surface area contributed by atoms with E-state index in [0.29, 0.717) is 5.69 Å². The molecule has 0 aliphatic heterocycles. The molecule has 5 nitrogen and oxygen atoms in total. The average molecular weight is 395 g/mol. The normalized spacial score (nSPS) is 18.1. The molecule has 5 heteroatoms. The van der Waals surface area contributed by atoms with Crippen LogP contribution in [0, 0.1) is 5.41 Å². The van der Waals surface area contributed by atoms with Crippen LogP contribution in [0.4, 0.5) is 0 Å². The van der Waals surface area contributed by atoms with Gasteiger partial charge in [-0.15, -0.1) is 0 Å². The van der Waals surface area contributed by atoms with Gasteiger partial charge in [-0.05, 0) is 61.8 Å². The Hall–Kier alpha value is -2.82. The minimum Gasteiger partial charge on any atom is -0.857 e. The van der Waals surface area contributed by atoms with Crippen molar-refractivity contribution >= 4 is 12.0 Å². The van der Waals surface area contributed by atoms with Crippen molar-refractivity contribution in [3.63, 3.8) is 0 Å². The third kappa shape index (κ3) is 6.34. The summed E-state index contributed by atoms with van der Waals surface area (Å²) in [4.78, 5) is 14.3. The second-order valence-electron chi connectivity index (χ2n) is 8.48. The topological polar surface area (TPSA) is 72.1 Å². The first-order valence-corrected chi connectivity index (χ1v) is 9.99. The third-order valence-electron chi connectivity index (χ3n) is 5.14. The lowest BCUT2D eigenvalue weighted by Gasteiger charge is -2.34. The SMILES string of the molecule is CC(/C=C/C1=C(C(=O)N(C)C)CCCC1(C)C)=C\C=C\C(C)=C\c1cc([O-])n[nH]1. The number of nitrogens with one attached hydrogen (secondary N) is 1. The van der Waals surface area contributed by atoms with E-state index in [9.17, 15) is 9.90 Å². The summed E-state index contributed by atoms with van der Waals surface area (Å²) in [6, 6.07) is 1.47. The number of hydrogen-bond donors (Lipinski definition) is 1. The van der Waals surface area contributed by atoms with Crippen molar-refractivity contribution in [2.75, 3.05) is 14.1 Å². The first-order valence-electron chi connectivity index (χ1n) is 9.99. The molecule has 0 fully saturated rings. The van der Waals surface area contributed by atoms with Gasteiger partial charge in [0.15, 0.2) is 0 Å². The second-order valence-corrected chi connectivity index (χ2v) is 8.48. The van der Waals surface area contributed by atoms with Crippen LogP contribution in [0.3, 0.4) is 0 Å². The predicted molar refractivity (Wildman–Crippen MR) is 117 cm³/mol. The number of carbonyl (C=O) groups excluding carboxylic acids is 1. The molecule has 1 aromatic rings. The number of nitrogens with zero attached hydrogens (tertiary/aromatic N) is 2. The van der Waals surface area contributed by atoms with Crippen LogP contribution in [0.25, 0.3) is 6.08 Å². The molecule has 156 valence electrons. The van der Waals surface area contributed by atoms with E-state index in [-0.39, 0.29) is 17.2 Å². The fourth-order valence-corrected chi connectivity index (χ4v) is 3.51. The van der Waals surface area contributed by atoms with Crippen molar-refractivity contribution in [1.82, 2.24) is 15.1 Å². The fraction of sp³-hybridized carbons (Fsp3) is 0.417. The Morgan fingerprint density at radius 3 is 2.59 bits per heavy atom. The molecule has 0 unspecified atom stereocenters. The Kier molecular flexibility index (Phi) is 7.43. The zero-order valence-corrected chi connectivity index (χ0v) is 18.4. The van der Waals surface area contributed by atoms with Gasteiger partial charge >= 0.3 is 0 Å². The molecular formula is C24H32N3O2-. The van der Waals surface area contributed by atoms with Gasteiger partial charge in [0.1, 0.15) is 0 Å². The molecule has 0 spiro atoms. The monoisotopic (exact) mass is 394 g/mol. The van der Waals surface area contributed by atoms with Gasteiger partial charge in [-0.2, -0.15) is 5.10 Å². The van der Waals surface area contributed by atoms with Gasteiger partial charge < -0.3 is 10.0 Å². The van der Waals surface area contributed by atoms with E-state index in [1.54, 1.807) is 4.90 Å². The van der Waals surface area contributed by atoms with Crippen molar-refractivity contribution < 1.29 is 9.90 Å². The second kappa shape index (κ2) is 9.59. The molecule has 2 rings (SSSR count). The Morgan fingerprint density at radius 1 is 1.24 bits per heavy atom. The van der Waals surface area contributed by atoms with Crippen LogP contribution in [-0.4, -0.2) is 35.1 Å². The van der Waals surface area contributed by atoms with E-state index >= 15 is 0 Å². The van der Waals surface area contributed by atoms with Gasteiger partial charge in [-0.3, -0.25) is 9.89 Å². The molecule has 0 bridgehead atoms. The number of hydrogen-bond acceptors (Lipinski definition) is 3. The maximum atomic E-state index is 12.6. The van der Waals surface area contributed by atoms with Crippen LogP contribution in [0.2, 0.25) is 0 Å². The standard InChI is InChI=1S/C24H33N3O2/c1-17(9-7-10-18(2)15-19-16-22(28)26-25-19)12-13-21-20(23(29)27(5)6)11-8-14-24(21,3)4/h7,9-10,12-13,15-16H,8,11,14H2,1-6H3,(H2,25,26,28)/p-1/b10-7+,13-12+,17-9+,18-15+. The highest BCUT2D eigenvalue weighted by atomic mass is 16.3. The van der Waals surface area contributed by atoms with Crippen molar-refractivity contribution in [3.8, 4) is 5.88 Å². The zero-order valence-electron chi connectivity index (χ0n) is 18.4. The van der Waals surface area contributed by atoms with Gasteiger partial charge in [0.25, 0.3) is 0 Å². The summed E-state index contributed by atoms with van der Waals surface area (Å²) in [5, 5.41) is 17.4. The molecule has 1 aliphatic rings. The lowest BCUT2D eigenvalue weighted by molar-refractivity contribution is -0.275. The largest absolute Gasteiger partial charge is 0.857 e. The minimum absolute atomic E-state index is 0.00427. The highest BCUT2D eigenvalue weighted by molar-refractivity contribution is 5.94. The first-order chi connectivity index (χ1) is 13.6. The van der Waals surface area contributed by atoms with Crippen molar-refractivity contribution in [2.24, 2.45) is 5.41 Å². The smallest absolute Gasteiger partial charge is 0.249 e. The summed E-state index contributed by atoms with van der Waals surface area (Å²) < 4.78 is 0. The molecule has 0 saturated heterocycles. The number of aromatic amines is 1. The number of carbonyl (C=O) groups is 1. The van der Waals surface area contributed by atoms with Crippen LogP contribution in [0.5, 0.6) is 5.88 Å². The number of likely N-dealkylation sites (N-methyl/N-ethyl adjacent to an activating group) is 1. The molecule has 1 aromatic heterocycles. The Balaban J connectivity index is 2.17. The molecule has 1 aliphatic carbocycles. The number of allylic oxidation sites excluding steroid dienone is 8. The maximum absolute atomic E-state index is 12.6. The molecular weight excluding hydrogens is 362 g/mol. The zero-order chi connectivity index (χ0) is 21.6. The van der Waals surface area contributed by atoms with Gasteiger partial charge in [0, 0.05) is 25.5 Å².